The second kappa shape index (κ2) is 9.28. The van der Waals surface area contributed by atoms with E-state index in [2.05, 4.69) is 24.9 Å². The quantitative estimate of drug-likeness (QED) is 0.323. The van der Waals surface area contributed by atoms with Gasteiger partial charge in [0.05, 0.1) is 10.0 Å². The summed E-state index contributed by atoms with van der Waals surface area (Å²) in [5.41, 5.74) is 3.89. The van der Waals surface area contributed by atoms with E-state index < -0.39 is 19.2 Å². The molecule has 0 unspecified atom stereocenters. The van der Waals surface area contributed by atoms with Gasteiger partial charge in [-0.25, -0.2) is 9.78 Å². The number of ether oxygens (including phenoxy) is 2. The number of para-hydroxylation sites is 1. The molecular weight excluding hydrogens is 475 g/mol. The molecule has 8 heteroatoms. The Bertz CT molecular complexity index is 1330. The molecule has 0 saturated carbocycles. The molecule has 34 heavy (non-hydrogen) atoms. The van der Waals surface area contributed by atoms with Crippen molar-refractivity contribution >= 4 is 51.5 Å². The zero-order chi connectivity index (χ0) is 24.6. The van der Waals surface area contributed by atoms with Crippen LogP contribution in [0.15, 0.2) is 54.2 Å². The molecule has 2 heterocycles. The van der Waals surface area contributed by atoms with Crippen LogP contribution in [0.25, 0.3) is 10.9 Å². The summed E-state index contributed by atoms with van der Waals surface area (Å²) in [6.07, 6.45) is 1.53. The van der Waals surface area contributed by atoms with Gasteiger partial charge in [-0.3, -0.25) is 4.79 Å². The number of ketones is 1. The maximum Gasteiger partial charge on any atom is 0.344 e. The van der Waals surface area contributed by atoms with E-state index in [9.17, 15) is 9.59 Å². The number of rotatable bonds is 6. The van der Waals surface area contributed by atoms with Crippen LogP contribution in [0.3, 0.4) is 0 Å². The molecule has 6 nitrogen and oxygen atoms in total. The Hall–Kier alpha value is -3.09. The van der Waals surface area contributed by atoms with Crippen LogP contribution in [-0.4, -0.2) is 37.0 Å². The number of aryl methyl sites for hydroxylation is 1. The van der Waals surface area contributed by atoms with Crippen molar-refractivity contribution in [2.45, 2.75) is 26.2 Å². The van der Waals surface area contributed by atoms with Crippen molar-refractivity contribution in [2.24, 2.45) is 0 Å². The molecule has 2 aromatic carbocycles. The van der Waals surface area contributed by atoms with Gasteiger partial charge >= 0.3 is 5.97 Å². The molecule has 3 aromatic rings. The summed E-state index contributed by atoms with van der Waals surface area (Å²) < 4.78 is 10.8. The lowest BCUT2D eigenvalue weighted by Crippen LogP contribution is -2.25. The first kappa shape index (κ1) is 24.0. The van der Waals surface area contributed by atoms with Crippen LogP contribution in [0.2, 0.25) is 10.0 Å². The third kappa shape index (κ3) is 4.48. The van der Waals surface area contributed by atoms with Crippen molar-refractivity contribution in [3.8, 4) is 5.75 Å². The molecule has 0 bridgehead atoms. The monoisotopic (exact) mass is 498 g/mol. The highest BCUT2D eigenvalue weighted by Gasteiger charge is 2.38. The van der Waals surface area contributed by atoms with Crippen molar-refractivity contribution in [1.29, 1.82) is 0 Å². The number of fused-ring (bicyclic) bond motifs is 2. The van der Waals surface area contributed by atoms with E-state index in [-0.39, 0.29) is 22.0 Å². The van der Waals surface area contributed by atoms with Crippen LogP contribution >= 0.6 is 23.2 Å². The number of allylic oxidation sites excluding steroid dienone is 1. The average molecular weight is 499 g/mol. The SMILES string of the molecule is Cc1ccc2c(Cl)cc(Cl)c(OCC(=O)OCC(=O)C=C3N(C)c4ccccc4C3(C)C)c2n1. The Balaban J connectivity index is 1.41. The Morgan fingerprint density at radius 1 is 1.09 bits per heavy atom. The van der Waals surface area contributed by atoms with E-state index >= 15 is 0 Å². The fourth-order valence-corrected chi connectivity index (χ4v) is 4.78. The fraction of sp³-hybridized carbons (Fsp3) is 0.269. The molecule has 0 aliphatic carbocycles. The fourth-order valence-electron chi connectivity index (χ4n) is 4.20. The molecule has 0 atom stereocenters. The van der Waals surface area contributed by atoms with Crippen LogP contribution in [0.1, 0.15) is 25.1 Å². The zero-order valence-electron chi connectivity index (χ0n) is 19.3. The standard InChI is InChI=1S/C26H24Cl2N2O4/c1-15-9-10-17-19(27)12-20(28)25(24(17)29-15)34-14-23(32)33-13-16(31)11-22-26(2,3)18-7-5-6-8-21(18)30(22)4/h5-12H,13-14H2,1-4H3. The lowest BCUT2D eigenvalue weighted by atomic mass is 9.83. The van der Waals surface area contributed by atoms with Crippen LogP contribution in [0.5, 0.6) is 5.75 Å². The summed E-state index contributed by atoms with van der Waals surface area (Å²) >= 11 is 12.5. The van der Waals surface area contributed by atoms with Gasteiger partial charge in [-0.1, -0.05) is 55.2 Å². The summed E-state index contributed by atoms with van der Waals surface area (Å²) in [6.45, 7) is 5.13. The molecule has 0 radical (unpaired) electrons. The van der Waals surface area contributed by atoms with Gasteiger partial charge in [0, 0.05) is 41.0 Å². The minimum Gasteiger partial charge on any atom is -0.478 e. The molecule has 1 aromatic heterocycles. The first-order chi connectivity index (χ1) is 16.1. The third-order valence-electron chi connectivity index (χ3n) is 5.93. The summed E-state index contributed by atoms with van der Waals surface area (Å²) in [4.78, 5) is 31.3. The number of anilines is 1. The van der Waals surface area contributed by atoms with Crippen molar-refractivity contribution in [2.75, 3.05) is 25.2 Å². The highest BCUT2D eigenvalue weighted by molar-refractivity contribution is 6.39. The topological polar surface area (TPSA) is 68.7 Å². The molecule has 1 aliphatic heterocycles. The molecular formula is C26H24Cl2N2O4. The molecule has 1 aliphatic rings. The number of pyridine rings is 1. The number of esters is 1. The van der Waals surface area contributed by atoms with E-state index in [1.54, 1.807) is 0 Å². The number of carbonyl (C=O) groups is 2. The Morgan fingerprint density at radius 3 is 2.56 bits per heavy atom. The predicted octanol–water partition coefficient (Wildman–Crippen LogP) is 5.65. The Morgan fingerprint density at radius 2 is 1.82 bits per heavy atom. The Labute approximate surface area is 208 Å². The molecule has 0 fully saturated rings. The van der Waals surface area contributed by atoms with Gasteiger partial charge in [-0.15, -0.1) is 0 Å². The number of nitrogens with zero attached hydrogens (tertiary/aromatic N) is 2. The highest BCUT2D eigenvalue weighted by Crippen LogP contribution is 2.46. The summed E-state index contributed by atoms with van der Waals surface area (Å²) in [7, 11) is 1.92. The van der Waals surface area contributed by atoms with Gasteiger partial charge in [0.15, 0.2) is 24.7 Å². The normalized spacial score (nSPS) is 15.5. The highest BCUT2D eigenvalue weighted by atomic mass is 35.5. The first-order valence-electron chi connectivity index (χ1n) is 10.7. The van der Waals surface area contributed by atoms with Crippen molar-refractivity contribution < 1.29 is 19.1 Å². The number of carbonyl (C=O) groups excluding carboxylic acids is 2. The summed E-state index contributed by atoms with van der Waals surface area (Å²) in [5.74, 6) is -0.772. The van der Waals surface area contributed by atoms with Gasteiger partial charge in [-0.05, 0) is 36.8 Å². The van der Waals surface area contributed by atoms with Gasteiger partial charge in [-0.2, -0.15) is 0 Å². The number of hydrogen-bond donors (Lipinski definition) is 0. The van der Waals surface area contributed by atoms with Gasteiger partial charge < -0.3 is 14.4 Å². The van der Waals surface area contributed by atoms with E-state index in [1.807, 2.05) is 49.2 Å². The number of aromatic nitrogens is 1. The number of likely N-dealkylation sites (N-methyl/N-ethyl adjacent to an activating group) is 1. The maximum atomic E-state index is 12.6. The third-order valence-corrected chi connectivity index (χ3v) is 6.52. The Kier molecular flexibility index (Phi) is 6.56. The minimum atomic E-state index is -0.694. The average Bonchev–Trinajstić information content (AvgIpc) is 2.98. The molecule has 0 saturated heterocycles. The van der Waals surface area contributed by atoms with Crippen LogP contribution < -0.4 is 9.64 Å². The van der Waals surface area contributed by atoms with E-state index in [0.29, 0.717) is 15.9 Å². The molecule has 4 rings (SSSR count). The molecule has 0 spiro atoms. The van der Waals surface area contributed by atoms with Gasteiger partial charge in [0.1, 0.15) is 5.52 Å². The lowest BCUT2D eigenvalue weighted by molar-refractivity contribution is -0.148. The predicted molar refractivity (Wildman–Crippen MR) is 134 cm³/mol. The zero-order valence-corrected chi connectivity index (χ0v) is 20.8. The van der Waals surface area contributed by atoms with E-state index in [1.165, 1.54) is 12.1 Å². The summed E-state index contributed by atoms with van der Waals surface area (Å²) in [6, 6.07) is 13.2. The maximum absolute atomic E-state index is 12.6. The van der Waals surface area contributed by atoms with Crippen molar-refractivity contribution in [3.63, 3.8) is 0 Å². The lowest BCUT2D eigenvalue weighted by Gasteiger charge is -2.23. The molecule has 0 N–H and O–H groups in total. The van der Waals surface area contributed by atoms with Crippen LogP contribution in [0, 0.1) is 6.92 Å². The second-order valence-corrected chi connectivity index (χ2v) is 9.48. The van der Waals surface area contributed by atoms with Crippen molar-refractivity contribution in [1.82, 2.24) is 4.98 Å². The number of halogens is 2. The van der Waals surface area contributed by atoms with E-state index in [4.69, 9.17) is 32.7 Å². The minimum absolute atomic E-state index is 0.232. The first-order valence-corrected chi connectivity index (χ1v) is 11.5. The van der Waals surface area contributed by atoms with Gasteiger partial charge in [0.25, 0.3) is 0 Å². The van der Waals surface area contributed by atoms with Crippen molar-refractivity contribution in [3.05, 3.63) is 75.5 Å². The van der Waals surface area contributed by atoms with Crippen LogP contribution in [0.4, 0.5) is 5.69 Å². The number of hydrogen-bond acceptors (Lipinski definition) is 6. The van der Waals surface area contributed by atoms with Crippen LogP contribution in [-0.2, 0) is 19.7 Å². The van der Waals surface area contributed by atoms with Gasteiger partial charge in [0.2, 0.25) is 0 Å². The van der Waals surface area contributed by atoms with E-state index in [0.717, 1.165) is 22.6 Å². The smallest absolute Gasteiger partial charge is 0.344 e. The molecule has 176 valence electrons. The second-order valence-electron chi connectivity index (χ2n) is 8.66. The largest absolute Gasteiger partial charge is 0.478 e. The summed E-state index contributed by atoms with van der Waals surface area (Å²) in [5, 5.41) is 1.32. The molecule has 0 amide bonds. The number of benzene rings is 2.